The molecule has 0 amide bonds. The van der Waals surface area contributed by atoms with E-state index in [-0.39, 0.29) is 0 Å². The first-order valence-electron chi connectivity index (χ1n) is 13.6. The van der Waals surface area contributed by atoms with Crippen LogP contribution in [0.4, 0.5) is 16.9 Å². The van der Waals surface area contributed by atoms with Gasteiger partial charge in [-0.1, -0.05) is 24.3 Å². The Hall–Kier alpha value is -4.17. The summed E-state index contributed by atoms with van der Waals surface area (Å²) in [5, 5.41) is 2.56. The maximum absolute atomic E-state index is 11.2. The molecule has 4 aromatic carbocycles. The number of H-pyrrole nitrogens is 1. The Morgan fingerprint density at radius 2 is 1.02 bits per heavy atom. The molecule has 0 saturated carbocycles. The van der Waals surface area contributed by atoms with E-state index in [4.69, 9.17) is 9.47 Å². The zero-order valence-corrected chi connectivity index (χ0v) is 26.6. The van der Waals surface area contributed by atoms with Crippen LogP contribution in [0.3, 0.4) is 0 Å². The van der Waals surface area contributed by atoms with E-state index in [0.29, 0.717) is 0 Å². The molecule has 2 aromatic heterocycles. The van der Waals surface area contributed by atoms with Crippen LogP contribution in [0.5, 0.6) is 11.5 Å². The zero-order valence-electron chi connectivity index (χ0n) is 24.0. The SMILES string of the molecule is CCn1c2ccccc2c2cc(-c3cc(-c4ccc(OC)cc4)[nH+]c(-c4ccc(OC)cc4)c3)ccc21.[F][Sb-]([F])([F])([F])([F])[F]. The fourth-order valence-corrected chi connectivity index (χ4v) is 5.16. The van der Waals surface area contributed by atoms with Crippen molar-refractivity contribution in [3.8, 4) is 45.1 Å². The number of pyridine rings is 1. The summed E-state index contributed by atoms with van der Waals surface area (Å²) in [6.07, 6.45) is 0. The number of halogens is 6. The fourth-order valence-electron chi connectivity index (χ4n) is 5.16. The number of aromatic amines is 1. The number of fused-ring (bicyclic) bond motifs is 3. The van der Waals surface area contributed by atoms with E-state index in [9.17, 15) is 16.9 Å². The van der Waals surface area contributed by atoms with Crippen LogP contribution in [0, 0.1) is 0 Å². The van der Waals surface area contributed by atoms with Crippen molar-refractivity contribution in [3.63, 3.8) is 0 Å². The van der Waals surface area contributed by atoms with Gasteiger partial charge in [0.15, 0.2) is 0 Å². The minimum absolute atomic E-state index is 0.841. The van der Waals surface area contributed by atoms with Crippen molar-refractivity contribution in [2.24, 2.45) is 0 Å². The molecule has 11 heteroatoms. The van der Waals surface area contributed by atoms with Gasteiger partial charge in [0.05, 0.1) is 14.2 Å². The molecule has 44 heavy (non-hydrogen) atoms. The Morgan fingerprint density at radius 1 is 0.568 bits per heavy atom. The van der Waals surface area contributed by atoms with Crippen molar-refractivity contribution < 1.29 is 31.3 Å². The average Bonchev–Trinajstić information content (AvgIpc) is 3.32. The third-order valence-electron chi connectivity index (χ3n) is 7.09. The van der Waals surface area contributed by atoms with Crippen LogP contribution in [-0.4, -0.2) is 38.3 Å². The topological polar surface area (TPSA) is 37.5 Å². The van der Waals surface area contributed by atoms with Gasteiger partial charge in [0, 0.05) is 51.6 Å². The van der Waals surface area contributed by atoms with E-state index in [0.717, 1.165) is 46.1 Å². The van der Waals surface area contributed by atoms with Crippen LogP contribution >= 0.6 is 0 Å². The number of nitrogens with one attached hydrogen (secondary N) is 1. The summed E-state index contributed by atoms with van der Waals surface area (Å²) in [5.41, 5.74) is 9.17. The second-order valence-electron chi connectivity index (χ2n) is 10.1. The van der Waals surface area contributed by atoms with Crippen molar-refractivity contribution >= 4 is 41.3 Å². The molecule has 0 saturated heterocycles. The van der Waals surface area contributed by atoms with Crippen molar-refractivity contribution in [1.82, 2.24) is 4.57 Å². The number of benzene rings is 4. The standard InChI is InChI=1S/C33H28N2O2.6FH.Sb/c1-4-35-32-8-6-5-7-28(32)29-19-24(13-18-33(29)35)25-20-30(22-9-14-26(36-2)15-10-22)34-31(21-25)23-11-16-27(37-3)17-12-23;;;;;;;/h5-21H,4H2,1-3H3;6*1H;/q;;;;;;;+5/p-5. The molecular weight excluding hydrogens is 692 g/mol. The molecule has 0 aliphatic rings. The van der Waals surface area contributed by atoms with Gasteiger partial charge in [-0.15, -0.1) is 0 Å². The quantitative estimate of drug-likeness (QED) is 0.127. The van der Waals surface area contributed by atoms with Crippen LogP contribution in [0.2, 0.25) is 0 Å². The van der Waals surface area contributed by atoms with E-state index in [1.807, 2.05) is 24.3 Å². The van der Waals surface area contributed by atoms with E-state index < -0.39 is 19.5 Å². The monoisotopic (exact) mass is 720 g/mol. The molecule has 4 nitrogen and oxygen atoms in total. The molecule has 0 unspecified atom stereocenters. The predicted octanol–water partition coefficient (Wildman–Crippen LogP) is 9.79. The Morgan fingerprint density at radius 3 is 1.50 bits per heavy atom. The van der Waals surface area contributed by atoms with Crippen LogP contribution < -0.4 is 14.5 Å². The molecule has 0 fully saturated rings. The van der Waals surface area contributed by atoms with Crippen LogP contribution in [0.1, 0.15) is 6.92 Å². The first kappa shape index (κ1) is 31.3. The molecule has 0 atom stereocenters. The third-order valence-corrected chi connectivity index (χ3v) is 7.09. The Balaban J connectivity index is 0.000000493. The molecule has 230 valence electrons. The summed E-state index contributed by atoms with van der Waals surface area (Å²) < 4.78 is 72.7. The van der Waals surface area contributed by atoms with Crippen LogP contribution in [-0.2, 0) is 6.54 Å². The van der Waals surface area contributed by atoms with E-state index in [2.05, 4.69) is 95.3 Å². The summed E-state index contributed by atoms with van der Waals surface area (Å²) in [7, 11) is 3.38. The Bertz CT molecular complexity index is 1880. The number of aryl methyl sites for hydroxylation is 1. The first-order chi connectivity index (χ1) is 20.6. The number of hydrogen-bond donors (Lipinski definition) is 0. The number of aromatic nitrogens is 2. The molecule has 6 aromatic rings. The summed E-state index contributed by atoms with van der Waals surface area (Å²) >= 11 is -11.2. The summed E-state index contributed by atoms with van der Waals surface area (Å²) in [4.78, 5) is 3.66. The number of para-hydroxylation sites is 1. The molecule has 0 radical (unpaired) electrons. The zero-order chi connectivity index (χ0) is 31.8. The van der Waals surface area contributed by atoms with E-state index >= 15 is 0 Å². The Kier molecular flexibility index (Phi) is 7.87. The molecule has 1 N–H and O–H groups in total. The molecular formula is C33H29F6N2O2Sb. The molecule has 6 rings (SSSR count). The maximum atomic E-state index is 9.93. The molecule has 0 spiro atoms. The van der Waals surface area contributed by atoms with Gasteiger partial charge in [0.25, 0.3) is 0 Å². The van der Waals surface area contributed by atoms with Crippen molar-refractivity contribution in [2.45, 2.75) is 13.5 Å². The van der Waals surface area contributed by atoms with Crippen molar-refractivity contribution in [1.29, 1.82) is 0 Å². The van der Waals surface area contributed by atoms with E-state index in [1.165, 1.54) is 27.4 Å². The van der Waals surface area contributed by atoms with Gasteiger partial charge >= 0.3 is 36.4 Å². The van der Waals surface area contributed by atoms with Gasteiger partial charge in [0.1, 0.15) is 11.5 Å². The van der Waals surface area contributed by atoms with Gasteiger partial charge < -0.3 is 14.0 Å². The number of hydrogen-bond acceptors (Lipinski definition) is 2. The Labute approximate surface area is 252 Å². The third kappa shape index (κ3) is 7.66. The molecule has 0 aliphatic heterocycles. The molecule has 2 heterocycles. The van der Waals surface area contributed by atoms with Gasteiger partial charge in [0.2, 0.25) is 11.4 Å². The summed E-state index contributed by atoms with van der Waals surface area (Å²) in [6.45, 7) is 3.14. The van der Waals surface area contributed by atoms with Gasteiger partial charge in [-0.25, -0.2) is 4.98 Å². The van der Waals surface area contributed by atoms with Crippen LogP contribution in [0.15, 0.2) is 103 Å². The minimum atomic E-state index is -11.2. The average molecular weight is 721 g/mol. The van der Waals surface area contributed by atoms with E-state index in [1.54, 1.807) is 14.2 Å². The number of ether oxygens (including phenoxy) is 2. The molecule has 0 aliphatic carbocycles. The van der Waals surface area contributed by atoms with Gasteiger partial charge in [-0.2, -0.15) is 0 Å². The summed E-state index contributed by atoms with van der Waals surface area (Å²) in [5.74, 6) is 1.68. The normalized spacial score (nSPS) is 13.1. The molecule has 0 bridgehead atoms. The second kappa shape index (κ2) is 11.1. The number of nitrogens with zero attached hydrogens (tertiary/aromatic N) is 1. The number of rotatable bonds is 6. The fraction of sp³-hybridized carbons (Fsp3) is 0.121. The second-order valence-corrected chi connectivity index (χ2v) is 15.6. The van der Waals surface area contributed by atoms with Crippen molar-refractivity contribution in [2.75, 3.05) is 14.2 Å². The first-order valence-corrected chi connectivity index (χ1v) is 19.4. The summed E-state index contributed by atoms with van der Waals surface area (Å²) in [6, 6.07) is 36.3. The van der Waals surface area contributed by atoms with Gasteiger partial charge in [-0.05, 0) is 84.8 Å². The predicted molar refractivity (Wildman–Crippen MR) is 163 cm³/mol. The van der Waals surface area contributed by atoms with Gasteiger partial charge in [-0.3, -0.25) is 0 Å². The van der Waals surface area contributed by atoms with Crippen LogP contribution in [0.25, 0.3) is 55.4 Å². The van der Waals surface area contributed by atoms with Crippen molar-refractivity contribution in [3.05, 3.63) is 103 Å². The number of methoxy groups -OCH3 is 2.